The Balaban J connectivity index is 2.97. The summed E-state index contributed by atoms with van der Waals surface area (Å²) in [5.74, 6) is -0.554. The van der Waals surface area contributed by atoms with Crippen LogP contribution in [-0.2, 0) is 4.79 Å². The van der Waals surface area contributed by atoms with Crippen LogP contribution in [0.15, 0.2) is 0 Å². The van der Waals surface area contributed by atoms with Gasteiger partial charge in [0.25, 0.3) is 0 Å². The zero-order valence-corrected chi connectivity index (χ0v) is 7.40. The highest BCUT2D eigenvalue weighted by Crippen LogP contribution is 2.11. The Labute approximate surface area is 73.0 Å². The Morgan fingerprint density at radius 2 is 2.00 bits per heavy atom. The molecule has 0 heterocycles. The van der Waals surface area contributed by atoms with Crippen LogP contribution in [0, 0.1) is 0 Å². The minimum absolute atomic E-state index is 0.0640. The second-order valence-electron chi connectivity index (χ2n) is 1.71. The normalized spacial score (nSPS) is 10.5. The molecule has 0 spiro atoms. The van der Waals surface area contributed by atoms with E-state index in [4.69, 9.17) is 15.3 Å². The fraction of sp³-hybridized carbons (Fsp3) is 0.800. The fourth-order valence-corrected chi connectivity index (χ4v) is 1.92. The van der Waals surface area contributed by atoms with E-state index < -0.39 is 12.3 Å². The molecule has 0 saturated heterocycles. The van der Waals surface area contributed by atoms with E-state index in [1.807, 2.05) is 0 Å². The first-order valence-electron chi connectivity index (χ1n) is 2.86. The molecular formula is C5H10O4S2. The van der Waals surface area contributed by atoms with Crippen molar-refractivity contribution in [3.05, 3.63) is 0 Å². The van der Waals surface area contributed by atoms with Gasteiger partial charge in [-0.3, -0.25) is 4.79 Å². The third kappa shape index (κ3) is 10.1. The van der Waals surface area contributed by atoms with Gasteiger partial charge in [0.2, 0.25) is 0 Å². The first kappa shape index (κ1) is 11.1. The molecule has 0 aliphatic rings. The molecule has 0 amide bonds. The van der Waals surface area contributed by atoms with E-state index in [-0.39, 0.29) is 11.5 Å². The predicted molar refractivity (Wildman–Crippen MR) is 45.6 cm³/mol. The molecule has 0 radical (unpaired) electrons. The molecule has 0 rings (SSSR count). The molecule has 6 heteroatoms. The van der Waals surface area contributed by atoms with Crippen molar-refractivity contribution in [3.63, 3.8) is 0 Å². The van der Waals surface area contributed by atoms with Crippen molar-refractivity contribution in [1.29, 1.82) is 0 Å². The molecule has 66 valence electrons. The van der Waals surface area contributed by atoms with Crippen LogP contribution in [0.3, 0.4) is 0 Å². The topological polar surface area (TPSA) is 77.8 Å². The molecule has 4 nitrogen and oxygen atoms in total. The van der Waals surface area contributed by atoms with E-state index in [1.54, 1.807) is 0 Å². The number of hydrogen-bond acceptors (Lipinski definition) is 5. The number of carboxylic acids is 1. The minimum Gasteiger partial charge on any atom is -0.481 e. The Kier molecular flexibility index (Phi) is 6.83. The van der Waals surface area contributed by atoms with Crippen LogP contribution in [0.4, 0.5) is 0 Å². The van der Waals surface area contributed by atoms with E-state index >= 15 is 0 Å². The highest BCUT2D eigenvalue weighted by molar-refractivity contribution is 8.16. The summed E-state index contributed by atoms with van der Waals surface area (Å²) in [5.41, 5.74) is 0. The zero-order chi connectivity index (χ0) is 8.69. The molecule has 0 aromatic rings. The van der Waals surface area contributed by atoms with Gasteiger partial charge in [-0.2, -0.15) is 0 Å². The summed E-state index contributed by atoms with van der Waals surface area (Å²) in [6, 6.07) is 0. The number of carbonyl (C=O) groups is 1. The van der Waals surface area contributed by atoms with Gasteiger partial charge in [-0.15, -0.1) is 23.5 Å². The largest absolute Gasteiger partial charge is 0.481 e. The van der Waals surface area contributed by atoms with Gasteiger partial charge < -0.3 is 15.3 Å². The lowest BCUT2D eigenvalue weighted by Gasteiger charge is -2.01. The van der Waals surface area contributed by atoms with E-state index in [0.29, 0.717) is 5.08 Å². The van der Waals surface area contributed by atoms with Crippen LogP contribution >= 0.6 is 23.5 Å². The van der Waals surface area contributed by atoms with Crippen molar-refractivity contribution >= 4 is 29.5 Å². The average Bonchev–Trinajstić information content (AvgIpc) is 1.85. The van der Waals surface area contributed by atoms with Gasteiger partial charge in [-0.1, -0.05) is 0 Å². The Hall–Kier alpha value is 0.0900. The SMILES string of the molecule is O=C(O)CSCSCC(O)O. The second-order valence-corrected chi connectivity index (χ2v) is 4.09. The molecule has 0 aliphatic heterocycles. The van der Waals surface area contributed by atoms with Gasteiger partial charge in [-0.25, -0.2) is 0 Å². The van der Waals surface area contributed by atoms with Crippen LogP contribution in [0.25, 0.3) is 0 Å². The monoisotopic (exact) mass is 198 g/mol. The Morgan fingerprint density at radius 1 is 1.36 bits per heavy atom. The lowest BCUT2D eigenvalue weighted by molar-refractivity contribution is -0.133. The van der Waals surface area contributed by atoms with Crippen molar-refractivity contribution in [2.75, 3.05) is 16.6 Å². The van der Waals surface area contributed by atoms with Crippen molar-refractivity contribution in [3.8, 4) is 0 Å². The third-order valence-electron chi connectivity index (χ3n) is 0.659. The van der Waals surface area contributed by atoms with Gasteiger partial charge >= 0.3 is 5.97 Å². The van der Waals surface area contributed by atoms with Gasteiger partial charge in [0, 0.05) is 10.8 Å². The summed E-state index contributed by atoms with van der Waals surface area (Å²) in [5, 5.41) is 25.5. The summed E-state index contributed by atoms with van der Waals surface area (Å²) >= 11 is 2.55. The molecule has 11 heavy (non-hydrogen) atoms. The first-order chi connectivity index (χ1) is 5.13. The second kappa shape index (κ2) is 6.78. The lowest BCUT2D eigenvalue weighted by atomic mass is 10.8. The summed E-state index contributed by atoms with van der Waals surface area (Å²) in [6.45, 7) is 0. The third-order valence-corrected chi connectivity index (χ3v) is 2.98. The summed E-state index contributed by atoms with van der Waals surface area (Å²) in [4.78, 5) is 9.97. The quantitative estimate of drug-likeness (QED) is 0.405. The highest BCUT2D eigenvalue weighted by Gasteiger charge is 1.99. The first-order valence-corrected chi connectivity index (χ1v) is 5.17. The van der Waals surface area contributed by atoms with Crippen LogP contribution in [-0.4, -0.2) is 44.2 Å². The van der Waals surface area contributed by atoms with Gasteiger partial charge in [0.1, 0.15) is 0 Å². The number of aliphatic hydroxyl groups excluding tert-OH is 1. The number of carboxylic acid groups (broad SMARTS) is 1. The standard InChI is InChI=1S/C5H10O4S2/c6-4(7)1-10-3-11-2-5(8)9/h4,6-7H,1-3H2,(H,8,9). The highest BCUT2D eigenvalue weighted by atomic mass is 32.2. The molecule has 0 fully saturated rings. The van der Waals surface area contributed by atoms with E-state index in [0.717, 1.165) is 0 Å². The molecule has 0 aromatic carbocycles. The molecule has 3 N–H and O–H groups in total. The average molecular weight is 198 g/mol. The van der Waals surface area contributed by atoms with Crippen LogP contribution < -0.4 is 0 Å². The molecule has 0 aromatic heterocycles. The molecule has 0 bridgehead atoms. The molecular weight excluding hydrogens is 188 g/mol. The summed E-state index contributed by atoms with van der Waals surface area (Å²) < 4.78 is 0. The van der Waals surface area contributed by atoms with Crippen molar-refractivity contribution in [1.82, 2.24) is 0 Å². The number of aliphatic hydroxyl groups is 2. The van der Waals surface area contributed by atoms with E-state index in [9.17, 15) is 4.79 Å². The molecule has 0 unspecified atom stereocenters. The van der Waals surface area contributed by atoms with Crippen molar-refractivity contribution in [2.45, 2.75) is 6.29 Å². The van der Waals surface area contributed by atoms with Crippen LogP contribution in [0.1, 0.15) is 0 Å². The van der Waals surface area contributed by atoms with Gasteiger partial charge in [-0.05, 0) is 0 Å². The van der Waals surface area contributed by atoms with Crippen LogP contribution in [0.2, 0.25) is 0 Å². The van der Waals surface area contributed by atoms with Crippen molar-refractivity contribution in [2.24, 2.45) is 0 Å². The fourth-order valence-electron chi connectivity index (χ4n) is 0.341. The molecule has 0 atom stereocenters. The van der Waals surface area contributed by atoms with E-state index in [1.165, 1.54) is 23.5 Å². The number of rotatable bonds is 6. The number of aliphatic carboxylic acids is 1. The summed E-state index contributed by atoms with van der Waals surface area (Å²) in [7, 11) is 0. The van der Waals surface area contributed by atoms with E-state index in [2.05, 4.69) is 0 Å². The maximum Gasteiger partial charge on any atom is 0.313 e. The summed E-state index contributed by atoms with van der Waals surface area (Å²) in [6.07, 6.45) is -1.30. The van der Waals surface area contributed by atoms with Gasteiger partial charge in [0.05, 0.1) is 5.75 Å². The molecule has 0 aliphatic carbocycles. The number of thioether (sulfide) groups is 2. The zero-order valence-electron chi connectivity index (χ0n) is 5.77. The predicted octanol–water partition coefficient (Wildman–Crippen LogP) is -0.194. The Bertz CT molecular complexity index is 117. The Morgan fingerprint density at radius 3 is 2.45 bits per heavy atom. The van der Waals surface area contributed by atoms with Crippen molar-refractivity contribution < 1.29 is 20.1 Å². The number of hydrogen-bond donors (Lipinski definition) is 3. The van der Waals surface area contributed by atoms with Gasteiger partial charge in [0.15, 0.2) is 6.29 Å². The maximum absolute atomic E-state index is 9.97. The van der Waals surface area contributed by atoms with Crippen LogP contribution in [0.5, 0.6) is 0 Å². The molecule has 0 saturated carbocycles. The smallest absolute Gasteiger partial charge is 0.313 e. The maximum atomic E-state index is 9.97. The lowest BCUT2D eigenvalue weighted by Crippen LogP contribution is -2.07. The minimum atomic E-state index is -1.30.